The number of halogens is 1. The van der Waals surface area contributed by atoms with Crippen molar-refractivity contribution in [1.82, 2.24) is 24.4 Å². The molecule has 0 radical (unpaired) electrons. The molecule has 0 N–H and O–H groups in total. The topological polar surface area (TPSA) is 46.8 Å². The summed E-state index contributed by atoms with van der Waals surface area (Å²) in [6, 6.07) is 6.95. The lowest BCUT2D eigenvalue weighted by Gasteiger charge is -2.25. The summed E-state index contributed by atoms with van der Waals surface area (Å²) in [4.78, 5) is 16.3. The summed E-state index contributed by atoms with van der Waals surface area (Å²) in [7, 11) is 0. The summed E-state index contributed by atoms with van der Waals surface area (Å²) < 4.78 is 15.3. The summed E-state index contributed by atoms with van der Waals surface area (Å²) in [5.74, 6) is 1.94. The van der Waals surface area contributed by atoms with Crippen molar-refractivity contribution >= 4 is 0 Å². The first kappa shape index (κ1) is 17.8. The van der Waals surface area contributed by atoms with Crippen molar-refractivity contribution < 1.29 is 4.39 Å². The number of hydrogen-bond acceptors (Lipinski definition) is 4. The highest BCUT2D eigenvalue weighted by Gasteiger charge is 2.30. The van der Waals surface area contributed by atoms with Crippen LogP contribution in [0.4, 0.5) is 4.39 Å². The van der Waals surface area contributed by atoms with Gasteiger partial charge in [0.25, 0.3) is 0 Å². The van der Waals surface area contributed by atoms with Crippen LogP contribution in [0.3, 0.4) is 0 Å². The lowest BCUT2D eigenvalue weighted by Crippen LogP contribution is -2.25. The molecule has 1 fully saturated rings. The van der Waals surface area contributed by atoms with Gasteiger partial charge >= 0.3 is 0 Å². The standard InChI is InChI=1S/C21H24FN5/c1-15(2)20-25-11-13-27(20)21-19(23-9-10-24-21)18-4-3-12-26(18)14-16-5-7-17(22)8-6-16/h5-11,13,15,18H,3-4,12,14H2,1-2H3/t18-/m0/s1. The minimum Gasteiger partial charge on any atom is -0.290 e. The highest BCUT2D eigenvalue weighted by Crippen LogP contribution is 2.35. The van der Waals surface area contributed by atoms with Crippen LogP contribution in [0.2, 0.25) is 0 Å². The molecule has 1 atom stereocenters. The SMILES string of the molecule is CC(C)c1nccn1-c1nccnc1[C@@H]1CCCN1Cc1ccc(F)cc1. The van der Waals surface area contributed by atoms with Gasteiger partial charge in [0, 0.05) is 37.3 Å². The van der Waals surface area contributed by atoms with Crippen LogP contribution in [0, 0.1) is 5.82 Å². The van der Waals surface area contributed by atoms with E-state index < -0.39 is 0 Å². The van der Waals surface area contributed by atoms with Crippen LogP contribution in [0.15, 0.2) is 49.1 Å². The lowest BCUT2D eigenvalue weighted by atomic mass is 10.1. The van der Waals surface area contributed by atoms with Gasteiger partial charge < -0.3 is 0 Å². The first-order chi connectivity index (χ1) is 13.1. The predicted octanol–water partition coefficient (Wildman–Crippen LogP) is 4.26. The highest BCUT2D eigenvalue weighted by molar-refractivity contribution is 5.33. The molecule has 0 amide bonds. The maximum atomic E-state index is 13.2. The van der Waals surface area contributed by atoms with Gasteiger partial charge in [-0.2, -0.15) is 0 Å². The molecule has 4 rings (SSSR count). The maximum absolute atomic E-state index is 13.2. The van der Waals surface area contributed by atoms with Gasteiger partial charge in [0.2, 0.25) is 0 Å². The molecule has 27 heavy (non-hydrogen) atoms. The molecule has 0 unspecified atom stereocenters. The number of nitrogens with zero attached hydrogens (tertiary/aromatic N) is 5. The van der Waals surface area contributed by atoms with E-state index in [9.17, 15) is 4.39 Å². The number of imidazole rings is 1. The Balaban J connectivity index is 1.66. The summed E-state index contributed by atoms with van der Waals surface area (Å²) in [6.07, 6.45) is 9.43. The van der Waals surface area contributed by atoms with E-state index in [2.05, 4.69) is 33.3 Å². The van der Waals surface area contributed by atoms with Gasteiger partial charge in [0.05, 0.1) is 6.04 Å². The van der Waals surface area contributed by atoms with Gasteiger partial charge in [-0.1, -0.05) is 26.0 Å². The van der Waals surface area contributed by atoms with Crippen molar-refractivity contribution in [3.05, 3.63) is 72.0 Å². The molecule has 140 valence electrons. The third kappa shape index (κ3) is 3.62. The minimum absolute atomic E-state index is 0.196. The van der Waals surface area contributed by atoms with Crippen molar-refractivity contribution in [3.63, 3.8) is 0 Å². The van der Waals surface area contributed by atoms with Crippen LogP contribution in [-0.4, -0.2) is 31.0 Å². The lowest BCUT2D eigenvalue weighted by molar-refractivity contribution is 0.243. The summed E-state index contributed by atoms with van der Waals surface area (Å²) >= 11 is 0. The Morgan fingerprint density at radius 2 is 1.85 bits per heavy atom. The van der Waals surface area contributed by atoms with E-state index in [0.717, 1.165) is 48.8 Å². The molecule has 0 spiro atoms. The first-order valence-corrected chi connectivity index (χ1v) is 9.46. The Morgan fingerprint density at radius 3 is 2.63 bits per heavy atom. The van der Waals surface area contributed by atoms with Gasteiger partial charge in [-0.3, -0.25) is 14.5 Å². The van der Waals surface area contributed by atoms with E-state index in [4.69, 9.17) is 4.98 Å². The average molecular weight is 365 g/mol. The van der Waals surface area contributed by atoms with E-state index in [0.29, 0.717) is 5.92 Å². The molecule has 1 aliphatic rings. The molecule has 1 aromatic carbocycles. The zero-order valence-corrected chi connectivity index (χ0v) is 15.7. The number of likely N-dealkylation sites (tertiary alicyclic amines) is 1. The molecule has 5 nitrogen and oxygen atoms in total. The van der Waals surface area contributed by atoms with E-state index in [1.807, 2.05) is 24.5 Å². The third-order valence-corrected chi connectivity index (χ3v) is 5.10. The fourth-order valence-corrected chi connectivity index (χ4v) is 3.83. The van der Waals surface area contributed by atoms with Gasteiger partial charge in [0.15, 0.2) is 5.82 Å². The Hall–Kier alpha value is -2.60. The average Bonchev–Trinajstić information content (AvgIpc) is 3.33. The van der Waals surface area contributed by atoms with Gasteiger partial charge in [0.1, 0.15) is 17.3 Å². The van der Waals surface area contributed by atoms with Gasteiger partial charge in [-0.05, 0) is 37.1 Å². The van der Waals surface area contributed by atoms with Crippen molar-refractivity contribution in [2.45, 2.75) is 45.2 Å². The van der Waals surface area contributed by atoms with Crippen LogP contribution >= 0.6 is 0 Å². The van der Waals surface area contributed by atoms with Crippen molar-refractivity contribution in [2.24, 2.45) is 0 Å². The number of rotatable bonds is 5. The monoisotopic (exact) mass is 365 g/mol. The second-order valence-electron chi connectivity index (χ2n) is 7.33. The quantitative estimate of drug-likeness (QED) is 0.678. The second kappa shape index (κ2) is 7.56. The van der Waals surface area contributed by atoms with Gasteiger partial charge in [-0.25, -0.2) is 14.4 Å². The van der Waals surface area contributed by atoms with E-state index >= 15 is 0 Å². The normalized spacial score (nSPS) is 17.7. The van der Waals surface area contributed by atoms with E-state index in [1.165, 1.54) is 12.1 Å². The number of benzene rings is 1. The predicted molar refractivity (Wildman–Crippen MR) is 102 cm³/mol. The van der Waals surface area contributed by atoms with Crippen molar-refractivity contribution in [2.75, 3.05) is 6.54 Å². The molecular weight excluding hydrogens is 341 g/mol. The molecule has 0 saturated carbocycles. The van der Waals surface area contributed by atoms with E-state index in [1.54, 1.807) is 12.4 Å². The third-order valence-electron chi connectivity index (χ3n) is 5.10. The zero-order valence-electron chi connectivity index (χ0n) is 15.7. The van der Waals surface area contributed by atoms with Crippen LogP contribution in [0.1, 0.15) is 55.7 Å². The number of hydrogen-bond donors (Lipinski definition) is 0. The largest absolute Gasteiger partial charge is 0.290 e. The molecule has 2 aromatic heterocycles. The smallest absolute Gasteiger partial charge is 0.161 e. The summed E-state index contributed by atoms with van der Waals surface area (Å²) in [5, 5.41) is 0. The van der Waals surface area contributed by atoms with Crippen molar-refractivity contribution in [3.8, 4) is 5.82 Å². The zero-order chi connectivity index (χ0) is 18.8. The Bertz CT molecular complexity index is 903. The van der Waals surface area contributed by atoms with Crippen LogP contribution in [0.5, 0.6) is 0 Å². The molecule has 1 saturated heterocycles. The van der Waals surface area contributed by atoms with Crippen LogP contribution in [0.25, 0.3) is 5.82 Å². The van der Waals surface area contributed by atoms with Crippen LogP contribution < -0.4 is 0 Å². The minimum atomic E-state index is -0.200. The first-order valence-electron chi connectivity index (χ1n) is 9.46. The number of aromatic nitrogens is 4. The second-order valence-corrected chi connectivity index (χ2v) is 7.33. The molecular formula is C21H24FN5. The molecule has 0 aliphatic carbocycles. The van der Waals surface area contributed by atoms with Crippen molar-refractivity contribution in [1.29, 1.82) is 0 Å². The highest BCUT2D eigenvalue weighted by atomic mass is 19.1. The fourth-order valence-electron chi connectivity index (χ4n) is 3.83. The maximum Gasteiger partial charge on any atom is 0.161 e. The molecule has 1 aliphatic heterocycles. The van der Waals surface area contributed by atoms with Gasteiger partial charge in [-0.15, -0.1) is 0 Å². The molecule has 3 heterocycles. The molecule has 0 bridgehead atoms. The van der Waals surface area contributed by atoms with E-state index in [-0.39, 0.29) is 11.9 Å². The fraction of sp³-hybridized carbons (Fsp3) is 0.381. The van der Waals surface area contributed by atoms with Crippen LogP contribution in [-0.2, 0) is 6.54 Å². The Labute approximate surface area is 158 Å². The molecule has 6 heteroatoms. The Kier molecular flexibility index (Phi) is 4.99. The Morgan fingerprint density at radius 1 is 1.07 bits per heavy atom. The molecule has 3 aromatic rings. The summed E-state index contributed by atoms with van der Waals surface area (Å²) in [5.41, 5.74) is 2.09. The summed E-state index contributed by atoms with van der Waals surface area (Å²) in [6.45, 7) is 6.04.